The predicted molar refractivity (Wildman–Crippen MR) is 81.1 cm³/mol. The van der Waals surface area contributed by atoms with Crippen molar-refractivity contribution in [2.45, 2.75) is 34.2 Å². The maximum Gasteiger partial charge on any atom is 0.0361 e. The van der Waals surface area contributed by atoms with Crippen LogP contribution >= 0.6 is 0 Å². The number of rotatable bonds is 5. The van der Waals surface area contributed by atoms with Crippen LogP contribution in [0.3, 0.4) is 0 Å². The molecule has 0 heterocycles. The Hall–Kier alpha value is -1.02. The Morgan fingerprint density at radius 3 is 2.11 bits per heavy atom. The van der Waals surface area contributed by atoms with E-state index in [1.54, 1.807) is 0 Å². The van der Waals surface area contributed by atoms with E-state index in [0.717, 1.165) is 13.1 Å². The zero-order valence-corrected chi connectivity index (χ0v) is 12.7. The summed E-state index contributed by atoms with van der Waals surface area (Å²) in [7, 11) is 4.14. The molecule has 0 spiro atoms. The third-order valence-electron chi connectivity index (χ3n) is 3.71. The summed E-state index contributed by atoms with van der Waals surface area (Å²) in [4.78, 5) is 2.12. The Kier molecular flexibility index (Phi) is 5.21. The predicted octanol–water partition coefficient (Wildman–Crippen LogP) is 3.52. The highest BCUT2D eigenvalue weighted by molar-refractivity contribution is 5.45. The van der Waals surface area contributed by atoms with Crippen molar-refractivity contribution >= 4 is 5.69 Å². The van der Waals surface area contributed by atoms with Gasteiger partial charge in [0, 0.05) is 26.3 Å². The maximum atomic E-state index is 3.54. The average molecular weight is 248 g/mol. The molecule has 2 nitrogen and oxygen atoms in total. The van der Waals surface area contributed by atoms with E-state index in [-0.39, 0.29) is 0 Å². The molecule has 1 N–H and O–H groups in total. The molecule has 18 heavy (non-hydrogen) atoms. The number of benzene rings is 1. The van der Waals surface area contributed by atoms with Gasteiger partial charge < -0.3 is 10.2 Å². The monoisotopic (exact) mass is 248 g/mol. The first-order valence-corrected chi connectivity index (χ1v) is 6.77. The molecule has 0 aliphatic heterocycles. The van der Waals surface area contributed by atoms with E-state index >= 15 is 0 Å². The normalized spacial score (nSPS) is 13.4. The molecular weight excluding hydrogens is 220 g/mol. The second-order valence-electron chi connectivity index (χ2n) is 6.46. The fraction of sp³-hybridized carbons (Fsp3) is 0.625. The standard InChI is InChI=1S/C16H28N2/c1-13(16(2,3)4)11-17-12-14-7-9-15(10-8-14)18(5)6/h7-10,13,17H,11-12H2,1-6H3. The largest absolute Gasteiger partial charge is 0.378 e. The molecule has 1 aromatic carbocycles. The lowest BCUT2D eigenvalue weighted by atomic mass is 9.82. The van der Waals surface area contributed by atoms with Gasteiger partial charge in [0.25, 0.3) is 0 Å². The molecule has 0 saturated heterocycles. The topological polar surface area (TPSA) is 15.3 Å². The van der Waals surface area contributed by atoms with Gasteiger partial charge in [-0.25, -0.2) is 0 Å². The van der Waals surface area contributed by atoms with Crippen LogP contribution < -0.4 is 10.2 Å². The van der Waals surface area contributed by atoms with Gasteiger partial charge in [0.2, 0.25) is 0 Å². The van der Waals surface area contributed by atoms with Gasteiger partial charge in [-0.3, -0.25) is 0 Å². The minimum Gasteiger partial charge on any atom is -0.378 e. The summed E-state index contributed by atoms with van der Waals surface area (Å²) in [6.07, 6.45) is 0. The number of hydrogen-bond acceptors (Lipinski definition) is 2. The minimum absolute atomic E-state index is 0.377. The van der Waals surface area contributed by atoms with Gasteiger partial charge in [0.1, 0.15) is 0 Å². The van der Waals surface area contributed by atoms with E-state index in [1.807, 2.05) is 0 Å². The van der Waals surface area contributed by atoms with E-state index < -0.39 is 0 Å². The van der Waals surface area contributed by atoms with Crippen LogP contribution in [0.15, 0.2) is 24.3 Å². The SMILES string of the molecule is CC(CNCc1ccc(N(C)C)cc1)C(C)(C)C. The molecule has 0 radical (unpaired) electrons. The van der Waals surface area contributed by atoms with Crippen molar-refractivity contribution in [2.75, 3.05) is 25.5 Å². The van der Waals surface area contributed by atoms with Gasteiger partial charge >= 0.3 is 0 Å². The third kappa shape index (κ3) is 4.69. The van der Waals surface area contributed by atoms with Gasteiger partial charge in [0.15, 0.2) is 0 Å². The van der Waals surface area contributed by atoms with Crippen molar-refractivity contribution < 1.29 is 0 Å². The molecule has 0 saturated carbocycles. The molecule has 0 amide bonds. The molecule has 2 heteroatoms. The van der Waals surface area contributed by atoms with E-state index in [1.165, 1.54) is 11.3 Å². The third-order valence-corrected chi connectivity index (χ3v) is 3.71. The number of hydrogen-bond donors (Lipinski definition) is 1. The van der Waals surface area contributed by atoms with Crippen molar-refractivity contribution in [3.05, 3.63) is 29.8 Å². The highest BCUT2D eigenvalue weighted by atomic mass is 15.1. The molecule has 0 fully saturated rings. The van der Waals surface area contributed by atoms with Gasteiger partial charge in [-0.15, -0.1) is 0 Å². The van der Waals surface area contributed by atoms with Gasteiger partial charge in [-0.05, 0) is 35.6 Å². The Morgan fingerprint density at radius 1 is 1.11 bits per heavy atom. The van der Waals surface area contributed by atoms with Gasteiger partial charge in [0.05, 0.1) is 0 Å². The van der Waals surface area contributed by atoms with Gasteiger partial charge in [-0.1, -0.05) is 39.8 Å². The molecule has 1 unspecified atom stereocenters. The first kappa shape index (κ1) is 15.0. The Bertz CT molecular complexity index is 346. The van der Waals surface area contributed by atoms with Crippen LogP contribution in [0, 0.1) is 11.3 Å². The molecule has 0 aliphatic carbocycles. The Morgan fingerprint density at radius 2 is 1.67 bits per heavy atom. The lowest BCUT2D eigenvalue weighted by molar-refractivity contribution is 0.252. The van der Waals surface area contributed by atoms with Crippen molar-refractivity contribution in [2.24, 2.45) is 11.3 Å². The number of nitrogens with one attached hydrogen (secondary N) is 1. The zero-order valence-electron chi connectivity index (χ0n) is 12.7. The first-order valence-electron chi connectivity index (χ1n) is 6.77. The first-order chi connectivity index (χ1) is 8.30. The number of anilines is 1. The smallest absolute Gasteiger partial charge is 0.0361 e. The lowest BCUT2D eigenvalue weighted by Crippen LogP contribution is -2.29. The summed E-state index contributed by atoms with van der Waals surface area (Å²) < 4.78 is 0. The van der Waals surface area contributed by atoms with E-state index in [2.05, 4.69) is 76.3 Å². The highest BCUT2D eigenvalue weighted by Gasteiger charge is 2.18. The van der Waals surface area contributed by atoms with Crippen molar-refractivity contribution in [3.8, 4) is 0 Å². The maximum absolute atomic E-state index is 3.54. The molecule has 0 aliphatic rings. The van der Waals surface area contributed by atoms with Crippen LogP contribution in [0.25, 0.3) is 0 Å². The molecule has 1 atom stereocenters. The fourth-order valence-corrected chi connectivity index (χ4v) is 1.65. The molecule has 102 valence electrons. The zero-order chi connectivity index (χ0) is 13.8. The fourth-order valence-electron chi connectivity index (χ4n) is 1.65. The van der Waals surface area contributed by atoms with Crippen LogP contribution in [0.1, 0.15) is 33.3 Å². The number of nitrogens with zero attached hydrogens (tertiary/aromatic N) is 1. The Labute approximate surface area is 112 Å². The molecular formula is C16H28N2. The van der Waals surface area contributed by atoms with E-state index in [0.29, 0.717) is 11.3 Å². The van der Waals surface area contributed by atoms with E-state index in [4.69, 9.17) is 0 Å². The minimum atomic E-state index is 0.377. The van der Waals surface area contributed by atoms with Crippen LogP contribution in [0.4, 0.5) is 5.69 Å². The van der Waals surface area contributed by atoms with Gasteiger partial charge in [-0.2, -0.15) is 0 Å². The van der Waals surface area contributed by atoms with Crippen LogP contribution in [0.2, 0.25) is 0 Å². The summed E-state index contributed by atoms with van der Waals surface area (Å²) in [6, 6.07) is 8.74. The summed E-state index contributed by atoms with van der Waals surface area (Å²) in [5.74, 6) is 0.679. The second-order valence-corrected chi connectivity index (χ2v) is 6.46. The van der Waals surface area contributed by atoms with Crippen LogP contribution in [0.5, 0.6) is 0 Å². The van der Waals surface area contributed by atoms with Crippen LogP contribution in [-0.4, -0.2) is 20.6 Å². The summed E-state index contributed by atoms with van der Waals surface area (Å²) in [5.41, 5.74) is 2.98. The van der Waals surface area contributed by atoms with Crippen molar-refractivity contribution in [1.82, 2.24) is 5.32 Å². The average Bonchev–Trinajstić information content (AvgIpc) is 2.28. The summed E-state index contributed by atoms with van der Waals surface area (Å²) in [6.45, 7) is 11.2. The van der Waals surface area contributed by atoms with E-state index in [9.17, 15) is 0 Å². The van der Waals surface area contributed by atoms with Crippen molar-refractivity contribution in [1.29, 1.82) is 0 Å². The summed E-state index contributed by atoms with van der Waals surface area (Å²) in [5, 5.41) is 3.54. The molecule has 1 aromatic rings. The van der Waals surface area contributed by atoms with Crippen LogP contribution in [-0.2, 0) is 6.54 Å². The molecule has 1 rings (SSSR count). The van der Waals surface area contributed by atoms with Crippen molar-refractivity contribution in [3.63, 3.8) is 0 Å². The molecule has 0 aromatic heterocycles. The lowest BCUT2D eigenvalue weighted by Gasteiger charge is -2.27. The second kappa shape index (κ2) is 6.24. The summed E-state index contributed by atoms with van der Waals surface area (Å²) >= 11 is 0. The Balaban J connectivity index is 2.40. The highest BCUT2D eigenvalue weighted by Crippen LogP contribution is 2.24. The molecule has 0 bridgehead atoms. The quantitative estimate of drug-likeness (QED) is 0.857.